The standard InChI is InChI=1S/C16H17NO2/c1-11-8-12(2)10-14(9-11)17-15(16(18)19)13-6-4-3-5-7-13/h3-10,15,17H,1-2H3,(H,18,19)/t15-/m0/s1. The number of carboxylic acid groups (broad SMARTS) is 1. The highest BCUT2D eigenvalue weighted by molar-refractivity contribution is 5.79. The van der Waals surface area contributed by atoms with Gasteiger partial charge in [0, 0.05) is 5.69 Å². The van der Waals surface area contributed by atoms with Crippen molar-refractivity contribution in [2.45, 2.75) is 19.9 Å². The van der Waals surface area contributed by atoms with E-state index < -0.39 is 12.0 Å². The molecule has 0 bridgehead atoms. The molecule has 0 fully saturated rings. The van der Waals surface area contributed by atoms with Crippen LogP contribution < -0.4 is 5.32 Å². The van der Waals surface area contributed by atoms with Crippen molar-refractivity contribution in [1.29, 1.82) is 0 Å². The summed E-state index contributed by atoms with van der Waals surface area (Å²) in [6.07, 6.45) is 0. The summed E-state index contributed by atoms with van der Waals surface area (Å²) < 4.78 is 0. The molecule has 19 heavy (non-hydrogen) atoms. The Kier molecular flexibility index (Phi) is 3.85. The Morgan fingerprint density at radius 3 is 2.16 bits per heavy atom. The summed E-state index contributed by atoms with van der Waals surface area (Å²) in [5.41, 5.74) is 3.79. The lowest BCUT2D eigenvalue weighted by Crippen LogP contribution is -2.20. The maximum absolute atomic E-state index is 11.4. The molecule has 0 saturated heterocycles. The number of benzene rings is 2. The third-order valence-electron chi connectivity index (χ3n) is 2.91. The summed E-state index contributed by atoms with van der Waals surface area (Å²) in [4.78, 5) is 11.4. The minimum atomic E-state index is -0.884. The second kappa shape index (κ2) is 5.57. The van der Waals surface area contributed by atoms with Crippen LogP contribution >= 0.6 is 0 Å². The van der Waals surface area contributed by atoms with Crippen molar-refractivity contribution in [3.05, 3.63) is 65.2 Å². The Bertz CT molecular complexity index is 558. The summed E-state index contributed by atoms with van der Waals surface area (Å²) in [6.45, 7) is 3.99. The molecule has 0 amide bonds. The molecule has 0 heterocycles. The third-order valence-corrected chi connectivity index (χ3v) is 2.91. The van der Waals surface area contributed by atoms with Crippen molar-refractivity contribution in [2.75, 3.05) is 5.32 Å². The van der Waals surface area contributed by atoms with Gasteiger partial charge in [-0.05, 0) is 42.7 Å². The molecule has 2 N–H and O–H groups in total. The molecule has 0 aliphatic rings. The Morgan fingerprint density at radius 1 is 1.05 bits per heavy atom. The average molecular weight is 255 g/mol. The first kappa shape index (κ1) is 13.1. The lowest BCUT2D eigenvalue weighted by atomic mass is 10.1. The molecule has 0 spiro atoms. The predicted molar refractivity (Wildman–Crippen MR) is 76.4 cm³/mol. The highest BCUT2D eigenvalue weighted by atomic mass is 16.4. The maximum Gasteiger partial charge on any atom is 0.330 e. The van der Waals surface area contributed by atoms with Crippen molar-refractivity contribution < 1.29 is 9.90 Å². The van der Waals surface area contributed by atoms with E-state index in [1.165, 1.54) is 0 Å². The summed E-state index contributed by atoms with van der Waals surface area (Å²) in [7, 11) is 0. The first-order valence-electron chi connectivity index (χ1n) is 6.19. The van der Waals surface area contributed by atoms with Gasteiger partial charge in [0.2, 0.25) is 0 Å². The molecule has 0 unspecified atom stereocenters. The lowest BCUT2D eigenvalue weighted by molar-refractivity contribution is -0.138. The van der Waals surface area contributed by atoms with Crippen LogP contribution in [-0.2, 0) is 4.79 Å². The topological polar surface area (TPSA) is 49.3 Å². The molecule has 0 saturated carbocycles. The van der Waals surface area contributed by atoms with Crippen LogP contribution in [0.1, 0.15) is 22.7 Å². The molecule has 3 heteroatoms. The molecule has 2 aromatic rings. The van der Waals surface area contributed by atoms with Gasteiger partial charge in [-0.15, -0.1) is 0 Å². The first-order chi connectivity index (χ1) is 9.06. The average Bonchev–Trinajstić information content (AvgIpc) is 2.35. The quantitative estimate of drug-likeness (QED) is 0.878. The van der Waals surface area contributed by atoms with Crippen molar-refractivity contribution in [3.63, 3.8) is 0 Å². The number of carbonyl (C=O) groups is 1. The van der Waals surface area contributed by atoms with Gasteiger partial charge in [-0.3, -0.25) is 0 Å². The second-order valence-corrected chi connectivity index (χ2v) is 4.70. The van der Waals surface area contributed by atoms with Gasteiger partial charge in [-0.1, -0.05) is 36.4 Å². The van der Waals surface area contributed by atoms with Crippen molar-refractivity contribution in [3.8, 4) is 0 Å². The lowest BCUT2D eigenvalue weighted by Gasteiger charge is -2.17. The number of rotatable bonds is 4. The van der Waals surface area contributed by atoms with E-state index in [1.807, 2.05) is 56.3 Å². The highest BCUT2D eigenvalue weighted by Crippen LogP contribution is 2.21. The fourth-order valence-corrected chi connectivity index (χ4v) is 2.16. The molecule has 1 atom stereocenters. The van der Waals surface area contributed by atoms with E-state index in [0.717, 1.165) is 22.4 Å². The first-order valence-corrected chi connectivity index (χ1v) is 6.19. The summed E-state index contributed by atoms with van der Waals surface area (Å²) in [6, 6.07) is 14.4. The summed E-state index contributed by atoms with van der Waals surface area (Å²) >= 11 is 0. The van der Waals surface area contributed by atoms with Crippen molar-refractivity contribution in [1.82, 2.24) is 0 Å². The zero-order valence-electron chi connectivity index (χ0n) is 11.1. The van der Waals surface area contributed by atoms with Crippen molar-refractivity contribution >= 4 is 11.7 Å². The Balaban J connectivity index is 2.29. The molecule has 2 rings (SSSR count). The minimum Gasteiger partial charge on any atom is -0.479 e. The number of anilines is 1. The van der Waals surface area contributed by atoms with Gasteiger partial charge in [0.1, 0.15) is 0 Å². The molecule has 98 valence electrons. The maximum atomic E-state index is 11.4. The van der Waals surface area contributed by atoms with E-state index in [9.17, 15) is 9.90 Å². The number of aliphatic carboxylic acids is 1. The zero-order chi connectivity index (χ0) is 13.8. The number of carboxylic acids is 1. The molecule has 3 nitrogen and oxygen atoms in total. The predicted octanol–water partition coefficient (Wildman–Crippen LogP) is 3.54. The second-order valence-electron chi connectivity index (χ2n) is 4.70. The molecule has 0 radical (unpaired) electrons. The van der Waals surface area contributed by atoms with Crippen molar-refractivity contribution in [2.24, 2.45) is 0 Å². The van der Waals surface area contributed by atoms with E-state index in [0.29, 0.717) is 0 Å². The van der Waals surface area contributed by atoms with Crippen LogP contribution in [0, 0.1) is 13.8 Å². The fraction of sp³-hybridized carbons (Fsp3) is 0.188. The van der Waals surface area contributed by atoms with E-state index in [4.69, 9.17) is 0 Å². The molecule has 0 aromatic heterocycles. The van der Waals surface area contributed by atoms with Gasteiger partial charge in [0.05, 0.1) is 0 Å². The molecular formula is C16H17NO2. The zero-order valence-corrected chi connectivity index (χ0v) is 11.1. The Morgan fingerprint density at radius 2 is 1.63 bits per heavy atom. The normalized spacial score (nSPS) is 11.9. The van der Waals surface area contributed by atoms with Crippen LogP contribution in [0.25, 0.3) is 0 Å². The van der Waals surface area contributed by atoms with Crippen LogP contribution in [0.4, 0.5) is 5.69 Å². The van der Waals surface area contributed by atoms with E-state index >= 15 is 0 Å². The van der Waals surface area contributed by atoms with E-state index in [2.05, 4.69) is 11.4 Å². The smallest absolute Gasteiger partial charge is 0.330 e. The molecular weight excluding hydrogens is 238 g/mol. The van der Waals surface area contributed by atoms with Gasteiger partial charge in [-0.25, -0.2) is 4.79 Å². The van der Waals surface area contributed by atoms with Gasteiger partial charge in [0.25, 0.3) is 0 Å². The number of nitrogens with one attached hydrogen (secondary N) is 1. The molecule has 0 aliphatic carbocycles. The summed E-state index contributed by atoms with van der Waals surface area (Å²) in [5.74, 6) is -0.884. The van der Waals surface area contributed by atoms with Crippen LogP contribution in [0.5, 0.6) is 0 Å². The van der Waals surface area contributed by atoms with E-state index in [1.54, 1.807) is 0 Å². The monoisotopic (exact) mass is 255 g/mol. The van der Waals surface area contributed by atoms with Crippen LogP contribution in [0.3, 0.4) is 0 Å². The Labute approximate surface area is 112 Å². The van der Waals surface area contributed by atoms with Crippen LogP contribution in [-0.4, -0.2) is 11.1 Å². The molecule has 2 aromatic carbocycles. The third kappa shape index (κ3) is 3.35. The number of hydrogen-bond acceptors (Lipinski definition) is 2. The number of hydrogen-bond donors (Lipinski definition) is 2. The van der Waals surface area contributed by atoms with Gasteiger partial charge >= 0.3 is 5.97 Å². The SMILES string of the molecule is Cc1cc(C)cc(N[C@H](C(=O)O)c2ccccc2)c1. The molecule has 0 aliphatic heterocycles. The van der Waals surface area contributed by atoms with Crippen LogP contribution in [0.15, 0.2) is 48.5 Å². The number of aryl methyl sites for hydroxylation is 2. The van der Waals surface area contributed by atoms with E-state index in [-0.39, 0.29) is 0 Å². The van der Waals surface area contributed by atoms with Gasteiger partial charge in [-0.2, -0.15) is 0 Å². The van der Waals surface area contributed by atoms with Crippen LogP contribution in [0.2, 0.25) is 0 Å². The summed E-state index contributed by atoms with van der Waals surface area (Å²) in [5, 5.41) is 12.4. The van der Waals surface area contributed by atoms with Gasteiger partial charge < -0.3 is 10.4 Å². The minimum absolute atomic E-state index is 0.734. The van der Waals surface area contributed by atoms with Gasteiger partial charge in [0.15, 0.2) is 6.04 Å². The largest absolute Gasteiger partial charge is 0.479 e. The fourth-order valence-electron chi connectivity index (χ4n) is 2.16. The highest BCUT2D eigenvalue weighted by Gasteiger charge is 2.19. The Hall–Kier alpha value is -2.29.